The fourth-order valence-corrected chi connectivity index (χ4v) is 3.97. The largest absolute Gasteiger partial charge is 0.456 e. The van der Waals surface area contributed by atoms with Crippen LogP contribution in [0.2, 0.25) is 5.02 Å². The van der Waals surface area contributed by atoms with Crippen LogP contribution in [0.4, 0.5) is 5.69 Å². The average molecular weight is 465 g/mol. The maximum Gasteiger partial charge on any atom is 0.306 e. The van der Waals surface area contributed by atoms with Crippen LogP contribution in [-0.2, 0) is 14.3 Å². The van der Waals surface area contributed by atoms with Crippen LogP contribution in [0.15, 0.2) is 54.6 Å². The lowest BCUT2D eigenvalue weighted by atomic mass is 9.94. The van der Waals surface area contributed by atoms with E-state index in [9.17, 15) is 19.2 Å². The van der Waals surface area contributed by atoms with Crippen molar-refractivity contribution in [1.29, 1.82) is 0 Å². The Kier molecular flexibility index (Phi) is 6.42. The van der Waals surface area contributed by atoms with Gasteiger partial charge in [-0.1, -0.05) is 41.9 Å². The normalized spacial score (nSPS) is 12.7. The Hall–Kier alpha value is -3.71. The number of benzene rings is 3. The molecule has 168 valence electrons. The van der Waals surface area contributed by atoms with Crippen LogP contribution < -0.4 is 5.32 Å². The zero-order valence-corrected chi connectivity index (χ0v) is 18.6. The van der Waals surface area contributed by atoms with Gasteiger partial charge >= 0.3 is 5.97 Å². The third kappa shape index (κ3) is 4.73. The summed E-state index contributed by atoms with van der Waals surface area (Å²) in [4.78, 5) is 51.0. The number of halogens is 1. The van der Waals surface area contributed by atoms with Crippen molar-refractivity contribution in [2.75, 3.05) is 18.5 Å². The minimum atomic E-state index is -0.590. The Morgan fingerprint density at radius 1 is 1.00 bits per heavy atom. The number of esters is 1. The highest BCUT2D eigenvalue weighted by Gasteiger charge is 2.32. The smallest absolute Gasteiger partial charge is 0.306 e. The Morgan fingerprint density at radius 2 is 1.67 bits per heavy atom. The molecule has 1 aliphatic heterocycles. The minimum absolute atomic E-state index is 0.0353. The molecule has 7 nitrogen and oxygen atoms in total. The first-order valence-electron chi connectivity index (χ1n) is 10.4. The van der Waals surface area contributed by atoms with Gasteiger partial charge in [0.2, 0.25) is 0 Å². The standard InChI is InChI=1S/C25H21ClN2O5/c1-15-10-11-17(26)13-20(15)27-21(29)14-33-22(30)9-4-12-28-24(31)18-7-2-5-16-6-3-8-19(23(16)18)25(28)32/h2-3,5-8,10-11,13H,4,9,12,14H2,1H3,(H,27,29). The number of anilines is 1. The second-order valence-electron chi connectivity index (χ2n) is 7.74. The van der Waals surface area contributed by atoms with Crippen LogP contribution in [0.3, 0.4) is 0 Å². The highest BCUT2D eigenvalue weighted by molar-refractivity contribution is 6.31. The Bertz CT molecular complexity index is 1240. The average Bonchev–Trinajstić information content (AvgIpc) is 2.80. The molecule has 3 aromatic rings. The number of ether oxygens (including phenoxy) is 1. The fraction of sp³-hybridized carbons (Fsp3) is 0.200. The van der Waals surface area contributed by atoms with Gasteiger partial charge in [-0.3, -0.25) is 24.1 Å². The summed E-state index contributed by atoms with van der Waals surface area (Å²) in [6.45, 7) is 1.45. The molecule has 1 aliphatic rings. The number of imide groups is 1. The summed E-state index contributed by atoms with van der Waals surface area (Å²) in [5.74, 6) is -1.84. The van der Waals surface area contributed by atoms with Crippen molar-refractivity contribution in [2.24, 2.45) is 0 Å². The van der Waals surface area contributed by atoms with E-state index in [0.29, 0.717) is 27.2 Å². The summed E-state index contributed by atoms with van der Waals surface area (Å²) < 4.78 is 5.02. The minimum Gasteiger partial charge on any atom is -0.456 e. The van der Waals surface area contributed by atoms with Crippen LogP contribution in [0.25, 0.3) is 10.8 Å². The molecule has 4 rings (SSSR count). The topological polar surface area (TPSA) is 92.8 Å². The summed E-state index contributed by atoms with van der Waals surface area (Å²) in [6, 6.07) is 15.8. The quantitative estimate of drug-likeness (QED) is 0.414. The second-order valence-corrected chi connectivity index (χ2v) is 8.18. The zero-order chi connectivity index (χ0) is 23.5. The molecule has 0 unspecified atom stereocenters. The molecule has 3 amide bonds. The number of amides is 3. The van der Waals surface area contributed by atoms with Gasteiger partial charge in [0, 0.05) is 40.2 Å². The monoisotopic (exact) mass is 464 g/mol. The molecular weight excluding hydrogens is 444 g/mol. The summed E-state index contributed by atoms with van der Waals surface area (Å²) in [6.07, 6.45) is 0.190. The van der Waals surface area contributed by atoms with Gasteiger partial charge in [-0.25, -0.2) is 0 Å². The Morgan fingerprint density at radius 3 is 2.33 bits per heavy atom. The van der Waals surface area contributed by atoms with Gasteiger partial charge in [-0.2, -0.15) is 0 Å². The molecule has 3 aromatic carbocycles. The number of hydrogen-bond donors (Lipinski definition) is 1. The Labute approximate surface area is 195 Å². The van der Waals surface area contributed by atoms with E-state index >= 15 is 0 Å². The lowest BCUT2D eigenvalue weighted by molar-refractivity contribution is -0.147. The van der Waals surface area contributed by atoms with Crippen molar-refractivity contribution in [3.8, 4) is 0 Å². The van der Waals surface area contributed by atoms with E-state index in [1.165, 1.54) is 0 Å². The number of carbonyl (C=O) groups is 4. The zero-order valence-electron chi connectivity index (χ0n) is 17.9. The third-order valence-electron chi connectivity index (χ3n) is 5.46. The maximum absolute atomic E-state index is 12.9. The Balaban J connectivity index is 1.29. The van der Waals surface area contributed by atoms with E-state index < -0.39 is 18.5 Å². The van der Waals surface area contributed by atoms with E-state index in [2.05, 4.69) is 5.32 Å². The summed E-state index contributed by atoms with van der Waals surface area (Å²) in [7, 11) is 0. The first-order valence-corrected chi connectivity index (χ1v) is 10.8. The van der Waals surface area contributed by atoms with Gasteiger partial charge in [0.15, 0.2) is 6.61 Å². The fourth-order valence-electron chi connectivity index (χ4n) is 3.80. The van der Waals surface area contributed by atoms with Crippen LogP contribution >= 0.6 is 11.6 Å². The molecule has 0 fully saturated rings. The lowest BCUT2D eigenvalue weighted by Gasteiger charge is -2.27. The number of hydrogen-bond acceptors (Lipinski definition) is 5. The molecule has 0 spiro atoms. The van der Waals surface area contributed by atoms with E-state index in [-0.39, 0.29) is 31.2 Å². The molecule has 0 aromatic heterocycles. The number of rotatable bonds is 7. The van der Waals surface area contributed by atoms with Crippen molar-refractivity contribution in [2.45, 2.75) is 19.8 Å². The third-order valence-corrected chi connectivity index (χ3v) is 5.69. The van der Waals surface area contributed by atoms with E-state index in [1.54, 1.807) is 42.5 Å². The van der Waals surface area contributed by atoms with Gasteiger partial charge in [-0.05, 0) is 48.6 Å². The molecule has 0 atom stereocenters. The van der Waals surface area contributed by atoms with Crippen molar-refractivity contribution in [1.82, 2.24) is 4.90 Å². The summed E-state index contributed by atoms with van der Waals surface area (Å²) in [5.41, 5.74) is 2.31. The van der Waals surface area contributed by atoms with Gasteiger partial charge in [0.1, 0.15) is 0 Å². The lowest BCUT2D eigenvalue weighted by Crippen LogP contribution is -2.41. The molecule has 0 saturated heterocycles. The van der Waals surface area contributed by atoms with Crippen LogP contribution in [-0.4, -0.2) is 41.7 Å². The van der Waals surface area contributed by atoms with Crippen molar-refractivity contribution in [3.63, 3.8) is 0 Å². The first kappa shape index (κ1) is 22.5. The van der Waals surface area contributed by atoms with Crippen LogP contribution in [0.1, 0.15) is 39.1 Å². The van der Waals surface area contributed by atoms with E-state index in [4.69, 9.17) is 16.3 Å². The molecule has 33 heavy (non-hydrogen) atoms. The highest BCUT2D eigenvalue weighted by atomic mass is 35.5. The molecule has 0 saturated carbocycles. The number of nitrogens with zero attached hydrogens (tertiary/aromatic N) is 1. The predicted octanol–water partition coefficient (Wildman–Crippen LogP) is 4.36. The van der Waals surface area contributed by atoms with Crippen LogP contribution in [0, 0.1) is 6.92 Å². The predicted molar refractivity (Wildman–Crippen MR) is 124 cm³/mol. The molecule has 0 aliphatic carbocycles. The maximum atomic E-state index is 12.9. The SMILES string of the molecule is Cc1ccc(Cl)cc1NC(=O)COC(=O)CCCN1C(=O)c2cccc3cccc(c23)C1=O. The second kappa shape index (κ2) is 9.42. The highest BCUT2D eigenvalue weighted by Crippen LogP contribution is 2.30. The van der Waals surface area contributed by atoms with Crippen molar-refractivity contribution < 1.29 is 23.9 Å². The van der Waals surface area contributed by atoms with Gasteiger partial charge < -0.3 is 10.1 Å². The first-order chi connectivity index (χ1) is 15.8. The van der Waals surface area contributed by atoms with Crippen LogP contribution in [0.5, 0.6) is 0 Å². The number of carbonyl (C=O) groups excluding carboxylic acids is 4. The number of aryl methyl sites for hydroxylation is 1. The summed E-state index contributed by atoms with van der Waals surface area (Å²) in [5, 5.41) is 4.62. The van der Waals surface area contributed by atoms with E-state index in [0.717, 1.165) is 15.8 Å². The number of nitrogens with one attached hydrogen (secondary N) is 1. The van der Waals surface area contributed by atoms with E-state index in [1.807, 2.05) is 19.1 Å². The van der Waals surface area contributed by atoms with Gasteiger partial charge in [-0.15, -0.1) is 0 Å². The summed E-state index contributed by atoms with van der Waals surface area (Å²) >= 11 is 5.93. The molecular formula is C25H21ClN2O5. The van der Waals surface area contributed by atoms with Crippen molar-refractivity contribution >= 4 is 51.8 Å². The molecule has 0 radical (unpaired) electrons. The molecule has 1 N–H and O–H groups in total. The molecule has 0 bridgehead atoms. The van der Waals surface area contributed by atoms with Gasteiger partial charge in [0.05, 0.1) is 0 Å². The molecule has 8 heteroatoms. The van der Waals surface area contributed by atoms with Gasteiger partial charge in [0.25, 0.3) is 17.7 Å². The van der Waals surface area contributed by atoms with Crippen molar-refractivity contribution in [3.05, 3.63) is 76.3 Å². The molecule has 1 heterocycles.